The number of hydrogen-bond donors (Lipinski definition) is 0. The maximum absolute atomic E-state index is 11.3. The molecule has 4 heteroatoms. The minimum atomic E-state index is -0.226. The smallest absolute Gasteiger partial charge is 0.312 e. The van der Waals surface area contributed by atoms with Gasteiger partial charge in [-0.25, -0.2) is 0 Å². The number of fused-ring (bicyclic) bond motifs is 1. The van der Waals surface area contributed by atoms with Gasteiger partial charge in [0.25, 0.3) is 0 Å². The minimum Gasteiger partial charge on any atom is -0.492 e. The fourth-order valence-electron chi connectivity index (χ4n) is 1.66. The lowest BCUT2D eigenvalue weighted by Gasteiger charge is -2.23. The molecule has 0 amide bonds. The first-order valence-corrected chi connectivity index (χ1v) is 5.07. The maximum Gasteiger partial charge on any atom is 0.312 e. The predicted octanol–water partition coefficient (Wildman–Crippen LogP) is 2.06. The molecule has 1 atom stereocenters. The van der Waals surface area contributed by atoms with E-state index in [4.69, 9.17) is 16.3 Å². The molecule has 0 N–H and O–H groups in total. The molecule has 0 bridgehead atoms. The molecule has 1 heterocycles. The maximum atomic E-state index is 11.3. The van der Waals surface area contributed by atoms with Gasteiger partial charge in [0.2, 0.25) is 0 Å². The van der Waals surface area contributed by atoms with E-state index in [1.165, 1.54) is 7.11 Å². The summed E-state index contributed by atoms with van der Waals surface area (Å²) in [5.74, 6) is 0.335. The SMILES string of the molecule is COC(=O)C1COc2cc(Cl)ccc2C1. The molecular formula is C11H11ClO3. The molecule has 2 rings (SSSR count). The van der Waals surface area contributed by atoms with Gasteiger partial charge in [0, 0.05) is 5.02 Å². The molecule has 0 spiro atoms. The molecule has 0 radical (unpaired) electrons. The lowest BCUT2D eigenvalue weighted by atomic mass is 9.97. The van der Waals surface area contributed by atoms with Gasteiger partial charge in [-0.05, 0) is 24.1 Å². The number of esters is 1. The summed E-state index contributed by atoms with van der Waals surface area (Å²) in [6.45, 7) is 0.361. The third kappa shape index (κ3) is 2.07. The van der Waals surface area contributed by atoms with Crippen LogP contribution < -0.4 is 4.74 Å². The fourth-order valence-corrected chi connectivity index (χ4v) is 1.83. The van der Waals surface area contributed by atoms with Crippen LogP contribution in [0.5, 0.6) is 5.75 Å². The molecule has 0 saturated heterocycles. The minimum absolute atomic E-state index is 0.205. The van der Waals surface area contributed by atoms with Crippen molar-refractivity contribution in [1.29, 1.82) is 0 Å². The van der Waals surface area contributed by atoms with E-state index in [1.807, 2.05) is 6.07 Å². The van der Waals surface area contributed by atoms with Gasteiger partial charge in [0.1, 0.15) is 12.4 Å². The molecule has 1 unspecified atom stereocenters. The van der Waals surface area contributed by atoms with Gasteiger partial charge in [0.15, 0.2) is 0 Å². The number of halogens is 1. The Hall–Kier alpha value is -1.22. The van der Waals surface area contributed by atoms with Crippen molar-refractivity contribution in [1.82, 2.24) is 0 Å². The molecule has 1 aromatic rings. The summed E-state index contributed by atoms with van der Waals surface area (Å²) in [6.07, 6.45) is 0.652. The Balaban J connectivity index is 2.20. The quantitative estimate of drug-likeness (QED) is 0.688. The number of carbonyl (C=O) groups is 1. The van der Waals surface area contributed by atoms with Crippen LogP contribution in [0, 0.1) is 5.92 Å². The Morgan fingerprint density at radius 3 is 3.13 bits per heavy atom. The summed E-state index contributed by atoms with van der Waals surface area (Å²) in [4.78, 5) is 11.3. The highest BCUT2D eigenvalue weighted by atomic mass is 35.5. The summed E-state index contributed by atoms with van der Waals surface area (Å²) in [6, 6.07) is 5.45. The molecule has 0 aromatic heterocycles. The zero-order valence-electron chi connectivity index (χ0n) is 8.33. The van der Waals surface area contributed by atoms with E-state index in [1.54, 1.807) is 12.1 Å². The first-order valence-electron chi connectivity index (χ1n) is 4.70. The first kappa shape index (κ1) is 10.3. The van der Waals surface area contributed by atoms with Gasteiger partial charge in [-0.15, -0.1) is 0 Å². The molecule has 3 nitrogen and oxygen atoms in total. The van der Waals surface area contributed by atoms with Crippen LogP contribution in [0.3, 0.4) is 0 Å². The van der Waals surface area contributed by atoms with Gasteiger partial charge in [-0.2, -0.15) is 0 Å². The average molecular weight is 227 g/mol. The molecule has 1 aliphatic rings. The summed E-state index contributed by atoms with van der Waals surface area (Å²) in [7, 11) is 1.39. The Kier molecular flexibility index (Phi) is 2.82. The van der Waals surface area contributed by atoms with E-state index in [0.717, 1.165) is 11.3 Å². The van der Waals surface area contributed by atoms with Gasteiger partial charge in [-0.3, -0.25) is 4.79 Å². The fraction of sp³-hybridized carbons (Fsp3) is 0.364. The normalized spacial score (nSPS) is 18.9. The van der Waals surface area contributed by atoms with Crippen molar-refractivity contribution in [2.24, 2.45) is 5.92 Å². The second kappa shape index (κ2) is 4.11. The molecule has 0 saturated carbocycles. The van der Waals surface area contributed by atoms with E-state index in [0.29, 0.717) is 18.1 Å². The number of ether oxygens (including phenoxy) is 2. The standard InChI is InChI=1S/C11H11ClO3/c1-14-11(13)8-4-7-2-3-9(12)5-10(7)15-6-8/h2-3,5,8H,4,6H2,1H3. The number of benzene rings is 1. The van der Waals surface area contributed by atoms with Crippen molar-refractivity contribution in [2.45, 2.75) is 6.42 Å². The third-order valence-corrected chi connectivity index (χ3v) is 2.71. The molecule has 0 fully saturated rings. The van der Waals surface area contributed by atoms with Crippen LogP contribution in [-0.2, 0) is 16.0 Å². The van der Waals surface area contributed by atoms with E-state index in [2.05, 4.69) is 4.74 Å². The van der Waals surface area contributed by atoms with Crippen LogP contribution in [0.4, 0.5) is 0 Å². The highest BCUT2D eigenvalue weighted by Gasteiger charge is 2.26. The molecule has 80 valence electrons. The van der Waals surface area contributed by atoms with Crippen LogP contribution in [0.25, 0.3) is 0 Å². The van der Waals surface area contributed by atoms with Crippen molar-refractivity contribution in [2.75, 3.05) is 13.7 Å². The Morgan fingerprint density at radius 1 is 1.60 bits per heavy atom. The van der Waals surface area contributed by atoms with Crippen molar-refractivity contribution in [3.8, 4) is 5.75 Å². The van der Waals surface area contributed by atoms with Gasteiger partial charge >= 0.3 is 5.97 Å². The van der Waals surface area contributed by atoms with Crippen LogP contribution in [0.2, 0.25) is 5.02 Å². The van der Waals surface area contributed by atoms with Crippen molar-refractivity contribution in [3.05, 3.63) is 28.8 Å². The molecular weight excluding hydrogens is 216 g/mol. The average Bonchev–Trinajstić information content (AvgIpc) is 2.27. The highest BCUT2D eigenvalue weighted by molar-refractivity contribution is 6.30. The molecule has 1 aliphatic heterocycles. The predicted molar refractivity (Wildman–Crippen MR) is 56.2 cm³/mol. The monoisotopic (exact) mass is 226 g/mol. The van der Waals surface area contributed by atoms with Gasteiger partial charge in [-0.1, -0.05) is 17.7 Å². The zero-order chi connectivity index (χ0) is 10.8. The zero-order valence-corrected chi connectivity index (χ0v) is 9.08. The van der Waals surface area contributed by atoms with Crippen LogP contribution in [-0.4, -0.2) is 19.7 Å². The van der Waals surface area contributed by atoms with Crippen LogP contribution in [0.15, 0.2) is 18.2 Å². The molecule has 0 aliphatic carbocycles. The van der Waals surface area contributed by atoms with Crippen molar-refractivity contribution < 1.29 is 14.3 Å². The van der Waals surface area contributed by atoms with Gasteiger partial charge in [0.05, 0.1) is 13.0 Å². The van der Waals surface area contributed by atoms with Gasteiger partial charge < -0.3 is 9.47 Å². The van der Waals surface area contributed by atoms with E-state index >= 15 is 0 Å². The summed E-state index contributed by atoms with van der Waals surface area (Å²) in [5.41, 5.74) is 1.00. The van der Waals surface area contributed by atoms with E-state index in [9.17, 15) is 4.79 Å². The Labute approximate surface area is 92.9 Å². The second-order valence-electron chi connectivity index (χ2n) is 3.49. The number of rotatable bonds is 1. The highest BCUT2D eigenvalue weighted by Crippen LogP contribution is 2.30. The van der Waals surface area contributed by atoms with Crippen LogP contribution in [0.1, 0.15) is 5.56 Å². The molecule has 15 heavy (non-hydrogen) atoms. The largest absolute Gasteiger partial charge is 0.492 e. The van der Waals surface area contributed by atoms with E-state index < -0.39 is 0 Å². The lowest BCUT2D eigenvalue weighted by molar-refractivity contribution is -0.146. The number of hydrogen-bond acceptors (Lipinski definition) is 3. The lowest BCUT2D eigenvalue weighted by Crippen LogP contribution is -2.29. The summed E-state index contributed by atoms with van der Waals surface area (Å²) < 4.78 is 10.1. The first-order chi connectivity index (χ1) is 7.20. The third-order valence-electron chi connectivity index (χ3n) is 2.47. The summed E-state index contributed by atoms with van der Waals surface area (Å²) in [5, 5.41) is 0.644. The Bertz CT molecular complexity index is 389. The van der Waals surface area contributed by atoms with E-state index in [-0.39, 0.29) is 11.9 Å². The van der Waals surface area contributed by atoms with Crippen LogP contribution >= 0.6 is 11.6 Å². The second-order valence-corrected chi connectivity index (χ2v) is 3.92. The topological polar surface area (TPSA) is 35.5 Å². The number of methoxy groups -OCH3 is 1. The summed E-state index contributed by atoms with van der Waals surface area (Å²) >= 11 is 5.83. The van der Waals surface area contributed by atoms with Crippen molar-refractivity contribution in [3.63, 3.8) is 0 Å². The molecule has 1 aromatic carbocycles. The number of carbonyl (C=O) groups excluding carboxylic acids is 1. The van der Waals surface area contributed by atoms with Crippen molar-refractivity contribution >= 4 is 17.6 Å². The Morgan fingerprint density at radius 2 is 2.40 bits per heavy atom.